The van der Waals surface area contributed by atoms with Gasteiger partial charge in [0, 0.05) is 17.4 Å². The molecule has 5 aromatic rings. The number of carbonyl (C=O) groups excluding carboxylic acids is 1. The molecule has 0 bridgehead atoms. The molecule has 1 atom stereocenters. The molecule has 0 spiro atoms. The predicted octanol–water partition coefficient (Wildman–Crippen LogP) is 6.67. The Morgan fingerprint density at radius 2 is 1.70 bits per heavy atom. The Labute approximate surface area is 216 Å². The Hall–Kier alpha value is -4.58. The summed E-state index contributed by atoms with van der Waals surface area (Å²) < 4.78 is 4.22. The summed E-state index contributed by atoms with van der Waals surface area (Å²) in [5.41, 5.74) is 7.06. The van der Waals surface area contributed by atoms with Crippen molar-refractivity contribution in [3.63, 3.8) is 0 Å². The van der Waals surface area contributed by atoms with E-state index in [4.69, 9.17) is 5.10 Å². The van der Waals surface area contributed by atoms with Crippen LogP contribution in [0.5, 0.6) is 0 Å². The molecule has 1 N–H and O–H groups in total. The van der Waals surface area contributed by atoms with Crippen molar-refractivity contribution in [1.29, 1.82) is 0 Å². The van der Waals surface area contributed by atoms with Crippen LogP contribution in [0.4, 0.5) is 10.5 Å². The number of nitrogens with one attached hydrogen (secondary N) is 1. The highest BCUT2D eigenvalue weighted by Crippen LogP contribution is 2.39. The first kappa shape index (κ1) is 22.9. The van der Waals surface area contributed by atoms with Crippen molar-refractivity contribution in [2.24, 2.45) is 0 Å². The minimum Gasteiger partial charge on any atom is -0.308 e. The van der Waals surface area contributed by atoms with Gasteiger partial charge in [0.15, 0.2) is 0 Å². The fourth-order valence-corrected chi connectivity index (χ4v) is 5.26. The molecule has 1 aliphatic heterocycles. The van der Waals surface area contributed by atoms with E-state index in [1.165, 1.54) is 0 Å². The van der Waals surface area contributed by atoms with E-state index in [9.17, 15) is 4.79 Å². The van der Waals surface area contributed by atoms with Gasteiger partial charge < -0.3 is 14.8 Å². The Bertz CT molecular complexity index is 1550. The molecule has 6 rings (SSSR count). The minimum atomic E-state index is -0.278. The van der Waals surface area contributed by atoms with Crippen LogP contribution in [0.3, 0.4) is 0 Å². The van der Waals surface area contributed by atoms with Crippen molar-refractivity contribution >= 4 is 11.7 Å². The fraction of sp³-hybridized carbons (Fsp3) is 0.161. The maximum Gasteiger partial charge on any atom is 0.322 e. The van der Waals surface area contributed by atoms with Gasteiger partial charge in [0.1, 0.15) is 5.82 Å². The van der Waals surface area contributed by atoms with Crippen molar-refractivity contribution in [2.45, 2.75) is 32.9 Å². The lowest BCUT2D eigenvalue weighted by molar-refractivity contribution is 0.194. The predicted molar refractivity (Wildman–Crippen MR) is 146 cm³/mol. The Morgan fingerprint density at radius 1 is 0.946 bits per heavy atom. The first-order valence-electron chi connectivity index (χ1n) is 12.7. The molecule has 0 fully saturated rings. The topological polar surface area (TPSA) is 55.1 Å². The molecule has 6 heteroatoms. The molecule has 0 aliphatic carbocycles. The third kappa shape index (κ3) is 4.10. The number of fused-ring (bicyclic) bond motifs is 3. The van der Waals surface area contributed by atoms with Crippen LogP contribution < -0.4 is 5.32 Å². The number of aromatic nitrogens is 3. The van der Waals surface area contributed by atoms with E-state index in [1.807, 2.05) is 58.1 Å². The van der Waals surface area contributed by atoms with Crippen molar-refractivity contribution in [3.8, 4) is 11.5 Å². The zero-order chi connectivity index (χ0) is 25.4. The van der Waals surface area contributed by atoms with Gasteiger partial charge in [0.25, 0.3) is 0 Å². The SMILES string of the molecule is CCc1nn(-c2ccccc2)c2c1CN(C(=O)Nc1ccccc1)[C@@H](c1cccc(C)c1)c1cccn1-2. The molecule has 2 aromatic heterocycles. The van der Waals surface area contributed by atoms with E-state index >= 15 is 0 Å². The number of nitrogens with zero attached hydrogens (tertiary/aromatic N) is 4. The molecule has 0 radical (unpaired) electrons. The number of benzene rings is 3. The summed E-state index contributed by atoms with van der Waals surface area (Å²) in [5, 5.41) is 8.16. The van der Waals surface area contributed by atoms with Gasteiger partial charge >= 0.3 is 6.03 Å². The quantitative estimate of drug-likeness (QED) is 0.308. The summed E-state index contributed by atoms with van der Waals surface area (Å²) in [6.45, 7) is 4.64. The smallest absolute Gasteiger partial charge is 0.308 e. The molecule has 2 amide bonds. The van der Waals surface area contributed by atoms with Crippen molar-refractivity contribution < 1.29 is 4.79 Å². The lowest BCUT2D eigenvalue weighted by Crippen LogP contribution is -2.38. The number of carbonyl (C=O) groups is 1. The van der Waals surface area contributed by atoms with Gasteiger partial charge in [-0.05, 0) is 55.3 Å². The zero-order valence-corrected chi connectivity index (χ0v) is 21.0. The molecule has 0 unspecified atom stereocenters. The van der Waals surface area contributed by atoms with E-state index in [1.54, 1.807) is 0 Å². The number of hydrogen-bond acceptors (Lipinski definition) is 2. The Kier molecular flexibility index (Phi) is 5.85. The zero-order valence-electron chi connectivity index (χ0n) is 21.0. The van der Waals surface area contributed by atoms with E-state index in [-0.39, 0.29) is 12.1 Å². The lowest BCUT2D eigenvalue weighted by Gasteiger charge is -2.31. The average molecular weight is 488 g/mol. The maximum absolute atomic E-state index is 14.0. The van der Waals surface area contributed by atoms with E-state index in [0.29, 0.717) is 6.54 Å². The first-order chi connectivity index (χ1) is 18.1. The van der Waals surface area contributed by atoms with Gasteiger partial charge in [-0.2, -0.15) is 5.10 Å². The number of amides is 2. The van der Waals surface area contributed by atoms with Crippen LogP contribution in [0, 0.1) is 6.92 Å². The van der Waals surface area contributed by atoms with Gasteiger partial charge in [-0.25, -0.2) is 9.48 Å². The van der Waals surface area contributed by atoms with E-state index in [0.717, 1.165) is 51.7 Å². The Morgan fingerprint density at radius 3 is 2.43 bits per heavy atom. The summed E-state index contributed by atoms with van der Waals surface area (Å²) in [7, 11) is 0. The standard InChI is InChI=1S/C31H29N5O/c1-3-27-26-21-35(31(37)32-24-14-6-4-7-15-24)29(23-13-10-12-22(2)20-23)28-18-11-19-34(28)30(26)36(33-27)25-16-8-5-9-17-25/h4-20,29H,3,21H2,1-2H3,(H,32,37)/t29-/m0/s1. The normalized spacial score (nSPS) is 14.5. The molecule has 184 valence electrons. The van der Waals surface area contributed by atoms with Crippen LogP contribution in [0.25, 0.3) is 11.5 Å². The second-order valence-electron chi connectivity index (χ2n) is 9.39. The third-order valence-corrected chi connectivity index (χ3v) is 6.95. The van der Waals surface area contributed by atoms with E-state index < -0.39 is 0 Å². The summed E-state index contributed by atoms with van der Waals surface area (Å²) in [6.07, 6.45) is 2.85. The second kappa shape index (κ2) is 9.47. The molecule has 0 saturated heterocycles. The molecular formula is C31H29N5O. The van der Waals surface area contributed by atoms with Crippen LogP contribution in [-0.4, -0.2) is 25.3 Å². The van der Waals surface area contributed by atoms with Crippen LogP contribution >= 0.6 is 0 Å². The first-order valence-corrected chi connectivity index (χ1v) is 12.7. The van der Waals surface area contributed by atoms with Gasteiger partial charge in [0.05, 0.1) is 29.7 Å². The number of aryl methyl sites for hydroxylation is 2. The second-order valence-corrected chi connectivity index (χ2v) is 9.39. The molecule has 1 aliphatic rings. The third-order valence-electron chi connectivity index (χ3n) is 6.95. The highest BCUT2D eigenvalue weighted by Gasteiger charge is 2.36. The van der Waals surface area contributed by atoms with Crippen LogP contribution in [0.1, 0.15) is 41.0 Å². The fourth-order valence-electron chi connectivity index (χ4n) is 5.26. The number of para-hydroxylation sites is 2. The monoisotopic (exact) mass is 487 g/mol. The molecule has 37 heavy (non-hydrogen) atoms. The summed E-state index contributed by atoms with van der Waals surface area (Å²) in [6, 6.07) is 32.0. The number of hydrogen-bond donors (Lipinski definition) is 1. The van der Waals surface area contributed by atoms with Crippen LogP contribution in [0.2, 0.25) is 0 Å². The van der Waals surface area contributed by atoms with Crippen molar-refractivity contribution in [2.75, 3.05) is 5.32 Å². The summed E-state index contributed by atoms with van der Waals surface area (Å²) in [5.74, 6) is 0.982. The lowest BCUT2D eigenvalue weighted by atomic mass is 10.00. The number of urea groups is 1. The molecular weight excluding hydrogens is 458 g/mol. The van der Waals surface area contributed by atoms with Gasteiger partial charge in [-0.1, -0.05) is 73.2 Å². The van der Waals surface area contributed by atoms with Crippen LogP contribution in [-0.2, 0) is 13.0 Å². The largest absolute Gasteiger partial charge is 0.322 e. The minimum absolute atomic E-state index is 0.146. The molecule has 3 aromatic carbocycles. The molecule has 3 heterocycles. The average Bonchev–Trinajstić information content (AvgIpc) is 3.51. The van der Waals surface area contributed by atoms with Gasteiger partial charge in [-0.15, -0.1) is 0 Å². The maximum atomic E-state index is 14.0. The number of anilines is 1. The van der Waals surface area contributed by atoms with Crippen LogP contribution in [0.15, 0.2) is 103 Å². The van der Waals surface area contributed by atoms with Gasteiger partial charge in [-0.3, -0.25) is 0 Å². The number of rotatable bonds is 4. The van der Waals surface area contributed by atoms with E-state index in [2.05, 4.69) is 78.5 Å². The highest BCUT2D eigenvalue weighted by atomic mass is 16.2. The Balaban J connectivity index is 1.57. The van der Waals surface area contributed by atoms with Gasteiger partial charge in [0.2, 0.25) is 0 Å². The van der Waals surface area contributed by atoms with Crippen molar-refractivity contribution in [1.82, 2.24) is 19.2 Å². The van der Waals surface area contributed by atoms with Crippen molar-refractivity contribution in [3.05, 3.63) is 131 Å². The molecule has 0 saturated carbocycles. The highest BCUT2D eigenvalue weighted by molar-refractivity contribution is 5.90. The summed E-state index contributed by atoms with van der Waals surface area (Å²) >= 11 is 0. The summed E-state index contributed by atoms with van der Waals surface area (Å²) in [4.78, 5) is 15.9. The molecule has 6 nitrogen and oxygen atoms in total.